The number of rotatable bonds is 2. The molecule has 0 unspecified atom stereocenters. The van der Waals surface area contributed by atoms with Crippen molar-refractivity contribution in [1.29, 1.82) is 5.26 Å². The number of benzene rings is 1. The Labute approximate surface area is 85.1 Å². The summed E-state index contributed by atoms with van der Waals surface area (Å²) in [7, 11) is 3.82. The van der Waals surface area contributed by atoms with Gasteiger partial charge in [-0.05, 0) is 12.5 Å². The van der Waals surface area contributed by atoms with E-state index in [2.05, 4.69) is 6.07 Å². The average Bonchev–Trinajstić information content (AvgIpc) is 2.14. The molecular formula is C12H14N2. The van der Waals surface area contributed by atoms with Crippen molar-refractivity contribution >= 4 is 5.57 Å². The summed E-state index contributed by atoms with van der Waals surface area (Å²) < 4.78 is 0. The van der Waals surface area contributed by atoms with E-state index in [-0.39, 0.29) is 0 Å². The van der Waals surface area contributed by atoms with Crippen molar-refractivity contribution in [3.05, 3.63) is 41.6 Å². The maximum Gasteiger partial charge on any atom is 0.101 e. The van der Waals surface area contributed by atoms with Gasteiger partial charge in [0.25, 0.3) is 0 Å². The Kier molecular flexibility index (Phi) is 3.30. The van der Waals surface area contributed by atoms with Crippen LogP contribution >= 0.6 is 0 Å². The van der Waals surface area contributed by atoms with Gasteiger partial charge in [0.2, 0.25) is 0 Å². The first-order chi connectivity index (χ1) is 6.63. The third kappa shape index (κ3) is 2.63. The van der Waals surface area contributed by atoms with Gasteiger partial charge in [-0.2, -0.15) is 5.26 Å². The first-order valence-corrected chi connectivity index (χ1v) is 4.49. The lowest BCUT2D eigenvalue weighted by Crippen LogP contribution is -2.02. The Balaban J connectivity index is 3.09. The number of nitrogens with zero attached hydrogens (tertiary/aromatic N) is 2. The zero-order chi connectivity index (χ0) is 10.6. The molecule has 0 atom stereocenters. The minimum atomic E-state index is 0.693. The first-order valence-electron chi connectivity index (χ1n) is 4.49. The van der Waals surface area contributed by atoms with Crippen molar-refractivity contribution in [1.82, 2.24) is 4.90 Å². The summed E-state index contributed by atoms with van der Waals surface area (Å²) in [5.74, 6) is 0. The molecule has 14 heavy (non-hydrogen) atoms. The molecule has 0 fully saturated rings. The van der Waals surface area contributed by atoms with Crippen LogP contribution in [-0.4, -0.2) is 19.0 Å². The van der Waals surface area contributed by atoms with Crippen LogP contribution in [0.15, 0.2) is 30.5 Å². The highest BCUT2D eigenvalue weighted by molar-refractivity contribution is 5.76. The predicted octanol–water partition coefficient (Wildman–Crippen LogP) is 2.42. The van der Waals surface area contributed by atoms with Crippen molar-refractivity contribution in [2.24, 2.45) is 0 Å². The molecule has 0 aliphatic carbocycles. The van der Waals surface area contributed by atoms with E-state index in [0.717, 1.165) is 5.56 Å². The molecule has 1 aromatic rings. The summed E-state index contributed by atoms with van der Waals surface area (Å²) in [6.45, 7) is 2.02. The topological polar surface area (TPSA) is 27.0 Å². The molecule has 2 nitrogen and oxygen atoms in total. The van der Waals surface area contributed by atoms with Crippen molar-refractivity contribution in [3.63, 3.8) is 0 Å². The molecule has 0 saturated carbocycles. The van der Waals surface area contributed by atoms with Crippen LogP contribution in [0.2, 0.25) is 0 Å². The highest BCUT2D eigenvalue weighted by Crippen LogP contribution is 2.14. The number of aryl methyl sites for hydroxylation is 1. The average molecular weight is 186 g/mol. The molecule has 0 N–H and O–H groups in total. The minimum absolute atomic E-state index is 0.693. The van der Waals surface area contributed by atoms with Gasteiger partial charge in [-0.1, -0.05) is 29.8 Å². The lowest BCUT2D eigenvalue weighted by molar-refractivity contribution is 0.566. The van der Waals surface area contributed by atoms with Gasteiger partial charge in [-0.3, -0.25) is 0 Å². The van der Waals surface area contributed by atoms with E-state index in [0.29, 0.717) is 5.57 Å². The summed E-state index contributed by atoms with van der Waals surface area (Å²) in [6.07, 6.45) is 1.83. The molecule has 1 rings (SSSR count). The van der Waals surface area contributed by atoms with Crippen LogP contribution in [-0.2, 0) is 0 Å². The lowest BCUT2D eigenvalue weighted by Gasteiger charge is -2.06. The number of allylic oxidation sites excluding steroid dienone is 1. The van der Waals surface area contributed by atoms with Gasteiger partial charge in [0.05, 0.1) is 5.57 Å². The van der Waals surface area contributed by atoms with E-state index in [1.54, 1.807) is 0 Å². The standard InChI is InChI=1S/C12H14N2/c1-10-5-4-6-11(7-10)12(8-13)9-14(2)3/h4-7,9H,1-3H3/b12-9+. The largest absolute Gasteiger partial charge is 0.382 e. The molecule has 0 heterocycles. The Hall–Kier alpha value is -1.75. The van der Waals surface area contributed by atoms with E-state index >= 15 is 0 Å². The van der Waals surface area contributed by atoms with Gasteiger partial charge in [0.1, 0.15) is 6.07 Å². The molecule has 2 heteroatoms. The molecule has 0 aliphatic heterocycles. The third-order valence-corrected chi connectivity index (χ3v) is 1.84. The number of hydrogen-bond acceptors (Lipinski definition) is 2. The second kappa shape index (κ2) is 4.48. The zero-order valence-corrected chi connectivity index (χ0v) is 8.78. The lowest BCUT2D eigenvalue weighted by atomic mass is 10.1. The van der Waals surface area contributed by atoms with Gasteiger partial charge in [-0.15, -0.1) is 0 Å². The van der Waals surface area contributed by atoms with Gasteiger partial charge in [0.15, 0.2) is 0 Å². The van der Waals surface area contributed by atoms with Crippen molar-refractivity contribution in [3.8, 4) is 6.07 Å². The van der Waals surface area contributed by atoms with Gasteiger partial charge < -0.3 is 4.90 Å². The molecule has 1 aromatic carbocycles. The monoisotopic (exact) mass is 186 g/mol. The summed E-state index contributed by atoms with van der Waals surface area (Å²) in [4.78, 5) is 1.88. The van der Waals surface area contributed by atoms with Crippen LogP contribution in [0.25, 0.3) is 5.57 Å². The van der Waals surface area contributed by atoms with Gasteiger partial charge in [0, 0.05) is 20.3 Å². The summed E-state index contributed by atoms with van der Waals surface area (Å²) >= 11 is 0. The molecule has 72 valence electrons. The second-order valence-electron chi connectivity index (χ2n) is 3.49. The second-order valence-corrected chi connectivity index (χ2v) is 3.49. The van der Waals surface area contributed by atoms with E-state index in [1.165, 1.54) is 5.56 Å². The fraction of sp³-hybridized carbons (Fsp3) is 0.250. The van der Waals surface area contributed by atoms with Crippen molar-refractivity contribution in [2.45, 2.75) is 6.92 Å². The van der Waals surface area contributed by atoms with Crippen LogP contribution in [0.1, 0.15) is 11.1 Å². The fourth-order valence-electron chi connectivity index (χ4n) is 1.24. The molecular weight excluding hydrogens is 172 g/mol. The molecule has 0 bridgehead atoms. The highest BCUT2D eigenvalue weighted by atomic mass is 15.0. The Morgan fingerprint density at radius 2 is 2.14 bits per heavy atom. The van der Waals surface area contributed by atoms with Crippen LogP contribution in [0, 0.1) is 18.3 Å². The minimum Gasteiger partial charge on any atom is -0.382 e. The quantitative estimate of drug-likeness (QED) is 0.663. The van der Waals surface area contributed by atoms with E-state index in [1.807, 2.05) is 56.4 Å². The summed E-state index contributed by atoms with van der Waals surface area (Å²) in [5, 5.41) is 8.97. The molecule has 0 radical (unpaired) electrons. The first kappa shape index (κ1) is 10.3. The zero-order valence-electron chi connectivity index (χ0n) is 8.78. The normalized spacial score (nSPS) is 10.9. The molecule has 0 aliphatic rings. The maximum atomic E-state index is 8.97. The molecule has 0 amide bonds. The smallest absolute Gasteiger partial charge is 0.101 e. The molecule has 0 saturated heterocycles. The predicted molar refractivity (Wildman–Crippen MR) is 58.5 cm³/mol. The Morgan fingerprint density at radius 3 is 2.64 bits per heavy atom. The molecule has 0 aromatic heterocycles. The highest BCUT2D eigenvalue weighted by Gasteiger charge is 2.00. The summed E-state index contributed by atoms with van der Waals surface area (Å²) in [6, 6.07) is 10.1. The van der Waals surface area contributed by atoms with Crippen LogP contribution in [0.3, 0.4) is 0 Å². The van der Waals surface area contributed by atoms with Crippen molar-refractivity contribution in [2.75, 3.05) is 14.1 Å². The Bertz CT molecular complexity index is 384. The van der Waals surface area contributed by atoms with Gasteiger partial charge >= 0.3 is 0 Å². The maximum absolute atomic E-state index is 8.97. The van der Waals surface area contributed by atoms with Gasteiger partial charge in [-0.25, -0.2) is 0 Å². The third-order valence-electron chi connectivity index (χ3n) is 1.84. The SMILES string of the molecule is Cc1cccc(/C(C#N)=C/N(C)C)c1. The Morgan fingerprint density at radius 1 is 1.43 bits per heavy atom. The fourth-order valence-corrected chi connectivity index (χ4v) is 1.24. The number of nitriles is 1. The van der Waals surface area contributed by atoms with Crippen LogP contribution in [0.5, 0.6) is 0 Å². The summed E-state index contributed by atoms with van der Waals surface area (Å²) in [5.41, 5.74) is 2.84. The van der Waals surface area contributed by atoms with E-state index in [4.69, 9.17) is 5.26 Å². The molecule has 0 spiro atoms. The van der Waals surface area contributed by atoms with E-state index in [9.17, 15) is 0 Å². The van der Waals surface area contributed by atoms with Crippen molar-refractivity contribution < 1.29 is 0 Å². The number of hydrogen-bond donors (Lipinski definition) is 0. The van der Waals surface area contributed by atoms with Crippen LogP contribution < -0.4 is 0 Å². The van der Waals surface area contributed by atoms with Crippen LogP contribution in [0.4, 0.5) is 0 Å². The van der Waals surface area contributed by atoms with E-state index < -0.39 is 0 Å².